The van der Waals surface area contributed by atoms with Gasteiger partial charge in [-0.1, -0.05) is 11.6 Å². The predicted octanol–water partition coefficient (Wildman–Crippen LogP) is 3.75. The van der Waals surface area contributed by atoms with Gasteiger partial charge in [0.05, 0.1) is 31.0 Å². The first-order valence-electron chi connectivity index (χ1n) is 6.07. The molecule has 2 rings (SSSR count). The Morgan fingerprint density at radius 2 is 2.20 bits per heavy atom. The molecule has 2 aromatic rings. The fraction of sp³-hybridized carbons (Fsp3) is 0.200. The number of hydrogen-bond acceptors (Lipinski definition) is 4. The molecule has 0 radical (unpaired) electrons. The van der Waals surface area contributed by atoms with E-state index in [1.807, 2.05) is 25.1 Å². The average Bonchev–Trinajstić information content (AvgIpc) is 2.41. The van der Waals surface area contributed by atoms with E-state index in [1.54, 1.807) is 12.3 Å². The van der Waals surface area contributed by atoms with Gasteiger partial charge >= 0.3 is 0 Å². The Hall–Kier alpha value is -2.09. The highest BCUT2D eigenvalue weighted by atomic mass is 35.5. The molecule has 0 saturated heterocycles. The summed E-state index contributed by atoms with van der Waals surface area (Å²) in [5.74, 6) is 0. The van der Waals surface area contributed by atoms with E-state index in [9.17, 15) is 0 Å². The first-order valence-corrected chi connectivity index (χ1v) is 6.45. The fourth-order valence-corrected chi connectivity index (χ4v) is 2.28. The monoisotopic (exact) mass is 287 g/mol. The van der Waals surface area contributed by atoms with Crippen molar-refractivity contribution < 1.29 is 4.84 Å². The molecule has 0 unspecified atom stereocenters. The molecule has 102 valence electrons. The van der Waals surface area contributed by atoms with Crippen LogP contribution < -0.4 is 5.48 Å². The van der Waals surface area contributed by atoms with Gasteiger partial charge in [0.15, 0.2) is 0 Å². The van der Waals surface area contributed by atoms with Gasteiger partial charge < -0.3 is 0 Å². The minimum Gasteiger partial charge on any atom is -0.279 e. The Balaban J connectivity index is 2.51. The first-order chi connectivity index (χ1) is 9.65. The van der Waals surface area contributed by atoms with Gasteiger partial charge in [0.1, 0.15) is 0 Å². The number of nitrogens with zero attached hydrogens (tertiary/aromatic N) is 2. The Bertz CT molecular complexity index is 665. The third kappa shape index (κ3) is 3.08. The molecular formula is C15H14ClN3O. The van der Waals surface area contributed by atoms with Gasteiger partial charge in [-0.2, -0.15) is 5.26 Å². The highest BCUT2D eigenvalue weighted by Gasteiger charge is 2.09. The summed E-state index contributed by atoms with van der Waals surface area (Å²) in [6.07, 6.45) is 2.07. The number of halogens is 1. The van der Waals surface area contributed by atoms with E-state index in [4.69, 9.17) is 21.7 Å². The van der Waals surface area contributed by atoms with Crippen molar-refractivity contribution in [3.8, 4) is 17.3 Å². The normalized spacial score (nSPS) is 10.1. The SMILES string of the molecule is CONc1cc(Cl)cc(-c2nccc(CC#N)c2C)c1. The lowest BCUT2D eigenvalue weighted by molar-refractivity contribution is 0.271. The summed E-state index contributed by atoms with van der Waals surface area (Å²) in [6, 6.07) is 9.53. The molecule has 0 atom stereocenters. The molecule has 0 aliphatic rings. The van der Waals surface area contributed by atoms with Gasteiger partial charge in [0, 0.05) is 16.8 Å². The molecule has 0 amide bonds. The first kappa shape index (κ1) is 14.3. The summed E-state index contributed by atoms with van der Waals surface area (Å²) in [6.45, 7) is 1.96. The van der Waals surface area contributed by atoms with E-state index in [0.29, 0.717) is 11.4 Å². The molecule has 0 bridgehead atoms. The third-order valence-electron chi connectivity index (χ3n) is 2.98. The van der Waals surface area contributed by atoms with Crippen molar-refractivity contribution in [3.05, 3.63) is 46.6 Å². The van der Waals surface area contributed by atoms with Crippen molar-refractivity contribution in [1.29, 1.82) is 5.26 Å². The van der Waals surface area contributed by atoms with Crippen LogP contribution in [0.2, 0.25) is 5.02 Å². The molecule has 5 heteroatoms. The maximum atomic E-state index is 8.85. The summed E-state index contributed by atoms with van der Waals surface area (Å²) < 4.78 is 0. The topological polar surface area (TPSA) is 57.9 Å². The molecule has 0 spiro atoms. The van der Waals surface area contributed by atoms with Gasteiger partial charge in [-0.15, -0.1) is 0 Å². The predicted molar refractivity (Wildman–Crippen MR) is 79.4 cm³/mol. The van der Waals surface area contributed by atoms with Gasteiger partial charge in [-0.25, -0.2) is 0 Å². The molecule has 1 N–H and O–H groups in total. The molecule has 0 saturated carbocycles. The van der Waals surface area contributed by atoms with Gasteiger partial charge in [0.2, 0.25) is 0 Å². The molecular weight excluding hydrogens is 274 g/mol. The number of aromatic nitrogens is 1. The highest BCUT2D eigenvalue weighted by Crippen LogP contribution is 2.29. The number of hydrogen-bond donors (Lipinski definition) is 1. The smallest absolute Gasteiger partial charge is 0.0735 e. The Morgan fingerprint density at radius 3 is 2.90 bits per heavy atom. The van der Waals surface area contributed by atoms with Crippen molar-refractivity contribution in [3.63, 3.8) is 0 Å². The average molecular weight is 288 g/mol. The molecule has 1 aromatic carbocycles. The van der Waals surface area contributed by atoms with Crippen LogP contribution in [-0.4, -0.2) is 12.1 Å². The standard InChI is InChI=1S/C15H14ClN3O/c1-10-11(3-5-17)4-6-18-15(10)12-7-13(16)9-14(8-12)19-20-2/h4,6-9,19H,3H2,1-2H3. The molecule has 0 aliphatic carbocycles. The molecule has 4 nitrogen and oxygen atoms in total. The Labute approximate surface area is 122 Å². The summed E-state index contributed by atoms with van der Waals surface area (Å²) in [5, 5.41) is 9.44. The van der Waals surface area contributed by atoms with Crippen LogP contribution in [0.3, 0.4) is 0 Å². The maximum Gasteiger partial charge on any atom is 0.0735 e. The van der Waals surface area contributed by atoms with E-state index in [0.717, 1.165) is 28.1 Å². The second kappa shape index (κ2) is 6.38. The summed E-state index contributed by atoms with van der Waals surface area (Å²) in [7, 11) is 1.54. The third-order valence-corrected chi connectivity index (χ3v) is 3.20. The summed E-state index contributed by atoms with van der Waals surface area (Å²) in [5.41, 5.74) is 7.16. The van der Waals surface area contributed by atoms with Crippen molar-refractivity contribution in [2.24, 2.45) is 0 Å². The van der Waals surface area contributed by atoms with Gasteiger partial charge in [-0.3, -0.25) is 15.3 Å². The number of anilines is 1. The van der Waals surface area contributed by atoms with Crippen molar-refractivity contribution in [2.75, 3.05) is 12.6 Å². The minimum atomic E-state index is 0.366. The summed E-state index contributed by atoms with van der Waals surface area (Å²) in [4.78, 5) is 9.29. The van der Waals surface area contributed by atoms with E-state index >= 15 is 0 Å². The van der Waals surface area contributed by atoms with Crippen molar-refractivity contribution in [2.45, 2.75) is 13.3 Å². The van der Waals surface area contributed by atoms with Crippen LogP contribution >= 0.6 is 11.6 Å². The van der Waals surface area contributed by atoms with Gasteiger partial charge in [0.25, 0.3) is 0 Å². The molecule has 20 heavy (non-hydrogen) atoms. The zero-order valence-electron chi connectivity index (χ0n) is 11.3. The van der Waals surface area contributed by atoms with Crippen LogP contribution in [0.5, 0.6) is 0 Å². The van der Waals surface area contributed by atoms with E-state index < -0.39 is 0 Å². The van der Waals surface area contributed by atoms with Gasteiger partial charge in [-0.05, 0) is 42.3 Å². The van der Waals surface area contributed by atoms with E-state index in [1.165, 1.54) is 7.11 Å². The van der Waals surface area contributed by atoms with Crippen LogP contribution in [0, 0.1) is 18.3 Å². The molecule has 0 fully saturated rings. The number of nitrogens with one attached hydrogen (secondary N) is 1. The maximum absolute atomic E-state index is 8.85. The lowest BCUT2D eigenvalue weighted by Gasteiger charge is -2.11. The van der Waals surface area contributed by atoms with E-state index in [2.05, 4.69) is 16.5 Å². The lowest BCUT2D eigenvalue weighted by atomic mass is 10.0. The Kier molecular flexibility index (Phi) is 4.57. The zero-order valence-corrected chi connectivity index (χ0v) is 12.0. The number of rotatable bonds is 4. The number of benzene rings is 1. The Morgan fingerprint density at radius 1 is 1.40 bits per heavy atom. The van der Waals surface area contributed by atoms with Crippen molar-refractivity contribution in [1.82, 2.24) is 4.98 Å². The van der Waals surface area contributed by atoms with E-state index in [-0.39, 0.29) is 0 Å². The highest BCUT2D eigenvalue weighted by molar-refractivity contribution is 6.31. The summed E-state index contributed by atoms with van der Waals surface area (Å²) >= 11 is 6.11. The second-order valence-corrected chi connectivity index (χ2v) is 4.75. The molecule has 1 heterocycles. The minimum absolute atomic E-state index is 0.366. The number of pyridine rings is 1. The van der Waals surface area contributed by atoms with Crippen molar-refractivity contribution >= 4 is 17.3 Å². The quantitative estimate of drug-likeness (QED) is 0.870. The zero-order chi connectivity index (χ0) is 14.5. The number of nitriles is 1. The van der Waals surface area contributed by atoms with Crippen LogP contribution in [0.15, 0.2) is 30.5 Å². The molecule has 1 aromatic heterocycles. The lowest BCUT2D eigenvalue weighted by Crippen LogP contribution is -1.98. The van der Waals surface area contributed by atoms with Crippen LogP contribution in [-0.2, 0) is 11.3 Å². The largest absolute Gasteiger partial charge is 0.279 e. The van der Waals surface area contributed by atoms with Crippen LogP contribution in [0.4, 0.5) is 5.69 Å². The van der Waals surface area contributed by atoms with Crippen LogP contribution in [0.1, 0.15) is 11.1 Å². The van der Waals surface area contributed by atoms with Crippen LogP contribution in [0.25, 0.3) is 11.3 Å². The molecule has 0 aliphatic heterocycles. The second-order valence-electron chi connectivity index (χ2n) is 4.31. The fourth-order valence-electron chi connectivity index (χ4n) is 2.05.